The van der Waals surface area contributed by atoms with Gasteiger partial charge in [-0.25, -0.2) is 4.98 Å². The van der Waals surface area contributed by atoms with Gasteiger partial charge in [-0.2, -0.15) is 0 Å². The Kier molecular flexibility index (Phi) is 4.27. The second-order valence-corrected chi connectivity index (χ2v) is 7.39. The van der Waals surface area contributed by atoms with Gasteiger partial charge in [0, 0.05) is 12.5 Å². The molecule has 0 saturated carbocycles. The van der Waals surface area contributed by atoms with E-state index in [1.54, 1.807) is 0 Å². The van der Waals surface area contributed by atoms with Crippen molar-refractivity contribution in [1.29, 1.82) is 0 Å². The van der Waals surface area contributed by atoms with Crippen molar-refractivity contribution in [2.45, 2.75) is 39.7 Å². The zero-order valence-corrected chi connectivity index (χ0v) is 15.5. The maximum Gasteiger partial charge on any atom is 0.225 e. The maximum absolute atomic E-state index is 12.5. The van der Waals surface area contributed by atoms with Gasteiger partial charge in [-0.15, -0.1) is 0 Å². The van der Waals surface area contributed by atoms with E-state index in [0.29, 0.717) is 5.89 Å². The Morgan fingerprint density at radius 1 is 1.23 bits per heavy atom. The number of aromatic nitrogens is 1. The molecule has 0 radical (unpaired) electrons. The van der Waals surface area contributed by atoms with Crippen LogP contribution in [-0.2, 0) is 4.79 Å². The minimum absolute atomic E-state index is 0.00682. The van der Waals surface area contributed by atoms with Crippen LogP contribution in [-0.4, -0.2) is 22.3 Å². The molecule has 4 rings (SSSR count). The van der Waals surface area contributed by atoms with Crippen LogP contribution in [0.15, 0.2) is 46.9 Å². The normalized spacial score (nSPS) is 17.4. The minimum Gasteiger partial charge on any atom is -0.438 e. The van der Waals surface area contributed by atoms with Gasteiger partial charge in [0.05, 0.1) is 0 Å². The molecule has 1 fully saturated rings. The topological polar surface area (TPSA) is 46.3 Å². The fourth-order valence-corrected chi connectivity index (χ4v) is 3.77. The van der Waals surface area contributed by atoms with Crippen molar-refractivity contribution < 1.29 is 9.21 Å². The van der Waals surface area contributed by atoms with E-state index in [-0.39, 0.29) is 17.9 Å². The fraction of sp³-hybridized carbons (Fsp3) is 0.364. The van der Waals surface area contributed by atoms with Crippen molar-refractivity contribution in [3.63, 3.8) is 0 Å². The number of hydrogen-bond acceptors (Lipinski definition) is 3. The summed E-state index contributed by atoms with van der Waals surface area (Å²) in [4.78, 5) is 19.1. The zero-order valence-electron chi connectivity index (χ0n) is 15.5. The number of likely N-dealkylation sites (tertiary alicyclic amines) is 1. The molecule has 0 unspecified atom stereocenters. The Morgan fingerprint density at radius 3 is 2.81 bits per heavy atom. The first kappa shape index (κ1) is 16.8. The standard InChI is InChI=1S/C22H24N2O2/c1-14(2)22(25)24-12-6-9-19(24)21-23-18-13-16(10-11-20(18)26-21)17-8-5-4-7-15(17)3/h4-5,7-8,10-11,13-14,19H,6,9,12H2,1-3H3/t19-/m1/s1. The van der Waals surface area contributed by atoms with E-state index in [1.807, 2.05) is 30.9 Å². The lowest BCUT2D eigenvalue weighted by molar-refractivity contribution is -0.135. The van der Waals surface area contributed by atoms with Gasteiger partial charge >= 0.3 is 0 Å². The summed E-state index contributed by atoms with van der Waals surface area (Å²) in [5.74, 6) is 0.830. The third-order valence-corrected chi connectivity index (χ3v) is 5.18. The van der Waals surface area contributed by atoms with Crippen LogP contribution >= 0.6 is 0 Å². The summed E-state index contributed by atoms with van der Waals surface area (Å²) in [5, 5.41) is 0. The first-order valence-electron chi connectivity index (χ1n) is 9.31. The van der Waals surface area contributed by atoms with Crippen LogP contribution in [0.4, 0.5) is 0 Å². The number of amides is 1. The van der Waals surface area contributed by atoms with E-state index >= 15 is 0 Å². The Labute approximate surface area is 153 Å². The highest BCUT2D eigenvalue weighted by Crippen LogP contribution is 2.35. The minimum atomic E-state index is -0.0424. The number of hydrogen-bond donors (Lipinski definition) is 0. The Morgan fingerprint density at radius 2 is 2.04 bits per heavy atom. The molecule has 3 aromatic rings. The third kappa shape index (κ3) is 2.90. The van der Waals surface area contributed by atoms with Crippen molar-refractivity contribution >= 4 is 17.0 Å². The number of aryl methyl sites for hydroxylation is 1. The highest BCUT2D eigenvalue weighted by atomic mass is 16.3. The van der Waals surface area contributed by atoms with E-state index in [1.165, 1.54) is 11.1 Å². The molecule has 26 heavy (non-hydrogen) atoms. The van der Waals surface area contributed by atoms with Gasteiger partial charge in [0.25, 0.3) is 0 Å². The van der Waals surface area contributed by atoms with Gasteiger partial charge in [-0.05, 0) is 48.6 Å². The molecule has 1 aliphatic rings. The summed E-state index contributed by atoms with van der Waals surface area (Å²) >= 11 is 0. The molecule has 0 spiro atoms. The second-order valence-electron chi connectivity index (χ2n) is 7.39. The van der Waals surface area contributed by atoms with E-state index in [4.69, 9.17) is 9.40 Å². The monoisotopic (exact) mass is 348 g/mol. The zero-order chi connectivity index (χ0) is 18.3. The van der Waals surface area contributed by atoms with Gasteiger partial charge in [-0.1, -0.05) is 44.2 Å². The molecule has 2 aromatic carbocycles. The summed E-state index contributed by atoms with van der Waals surface area (Å²) in [5.41, 5.74) is 5.21. The van der Waals surface area contributed by atoms with E-state index in [9.17, 15) is 4.79 Å². The lowest BCUT2D eigenvalue weighted by atomic mass is 10.0. The lowest BCUT2D eigenvalue weighted by Crippen LogP contribution is -2.33. The molecule has 1 atom stereocenters. The Bertz CT molecular complexity index is 958. The number of fused-ring (bicyclic) bond motifs is 1. The van der Waals surface area contributed by atoms with Crippen molar-refractivity contribution in [2.24, 2.45) is 5.92 Å². The molecule has 1 amide bonds. The van der Waals surface area contributed by atoms with Crippen LogP contribution in [0.25, 0.3) is 22.2 Å². The molecule has 1 saturated heterocycles. The number of benzene rings is 2. The summed E-state index contributed by atoms with van der Waals surface area (Å²) in [7, 11) is 0. The van der Waals surface area contributed by atoms with Crippen molar-refractivity contribution in [2.75, 3.05) is 6.54 Å². The molecule has 1 aromatic heterocycles. The van der Waals surface area contributed by atoms with Crippen molar-refractivity contribution in [1.82, 2.24) is 9.88 Å². The molecular weight excluding hydrogens is 324 g/mol. The van der Waals surface area contributed by atoms with Gasteiger partial charge in [-0.3, -0.25) is 4.79 Å². The van der Waals surface area contributed by atoms with E-state index < -0.39 is 0 Å². The maximum atomic E-state index is 12.5. The van der Waals surface area contributed by atoms with Crippen molar-refractivity contribution in [3.8, 4) is 11.1 Å². The highest BCUT2D eigenvalue weighted by Gasteiger charge is 2.34. The number of oxazole rings is 1. The molecule has 4 nitrogen and oxygen atoms in total. The Hall–Kier alpha value is -2.62. The van der Waals surface area contributed by atoms with Gasteiger partial charge in [0.2, 0.25) is 11.8 Å². The fourth-order valence-electron chi connectivity index (χ4n) is 3.77. The molecule has 0 bridgehead atoms. The summed E-state index contributed by atoms with van der Waals surface area (Å²) in [6.45, 7) is 6.78. The number of carbonyl (C=O) groups excluding carboxylic acids is 1. The lowest BCUT2D eigenvalue weighted by Gasteiger charge is -2.24. The average molecular weight is 348 g/mol. The average Bonchev–Trinajstić information content (AvgIpc) is 3.27. The largest absolute Gasteiger partial charge is 0.438 e. The number of carbonyl (C=O) groups is 1. The van der Waals surface area contributed by atoms with E-state index in [2.05, 4.69) is 37.3 Å². The first-order chi connectivity index (χ1) is 12.5. The third-order valence-electron chi connectivity index (χ3n) is 5.18. The molecular formula is C22H24N2O2. The van der Waals surface area contributed by atoms with Crippen LogP contribution < -0.4 is 0 Å². The van der Waals surface area contributed by atoms with Gasteiger partial charge in [0.15, 0.2) is 5.58 Å². The van der Waals surface area contributed by atoms with Crippen LogP contribution in [0.5, 0.6) is 0 Å². The molecule has 2 heterocycles. The predicted molar refractivity (Wildman–Crippen MR) is 103 cm³/mol. The van der Waals surface area contributed by atoms with Crippen LogP contribution in [0, 0.1) is 12.8 Å². The number of rotatable bonds is 3. The van der Waals surface area contributed by atoms with Crippen molar-refractivity contribution in [3.05, 3.63) is 53.9 Å². The van der Waals surface area contributed by atoms with Crippen LogP contribution in [0.1, 0.15) is 44.2 Å². The molecule has 1 aliphatic heterocycles. The SMILES string of the molecule is Cc1ccccc1-c1ccc2oc([C@H]3CCCN3C(=O)C(C)C)nc2c1. The smallest absolute Gasteiger partial charge is 0.225 e. The molecule has 4 heteroatoms. The predicted octanol–water partition coefficient (Wildman–Crippen LogP) is 5.12. The second kappa shape index (κ2) is 6.60. The van der Waals surface area contributed by atoms with Gasteiger partial charge in [0.1, 0.15) is 11.6 Å². The first-order valence-corrected chi connectivity index (χ1v) is 9.31. The highest BCUT2D eigenvalue weighted by molar-refractivity contribution is 5.82. The quantitative estimate of drug-likeness (QED) is 0.660. The molecule has 134 valence electrons. The van der Waals surface area contributed by atoms with Crippen LogP contribution in [0.2, 0.25) is 0 Å². The Balaban J connectivity index is 1.70. The molecule has 0 N–H and O–H groups in total. The summed E-state index contributed by atoms with van der Waals surface area (Å²) in [6, 6.07) is 14.4. The molecule has 0 aliphatic carbocycles. The van der Waals surface area contributed by atoms with Crippen LogP contribution in [0.3, 0.4) is 0 Å². The van der Waals surface area contributed by atoms with E-state index in [0.717, 1.165) is 36.0 Å². The van der Waals surface area contributed by atoms with Gasteiger partial charge < -0.3 is 9.32 Å². The summed E-state index contributed by atoms with van der Waals surface area (Å²) in [6.07, 6.45) is 1.91. The number of nitrogens with zero attached hydrogens (tertiary/aromatic N) is 2. The summed E-state index contributed by atoms with van der Waals surface area (Å²) < 4.78 is 6.03.